The predicted molar refractivity (Wildman–Crippen MR) is 96.7 cm³/mol. The van der Waals surface area contributed by atoms with Gasteiger partial charge in [0.15, 0.2) is 0 Å². The highest BCUT2D eigenvalue weighted by Crippen LogP contribution is 2.65. The molecule has 2 bridgehead atoms. The molecule has 4 rings (SSSR count). The summed E-state index contributed by atoms with van der Waals surface area (Å²) in [6.07, 6.45) is 4.18. The van der Waals surface area contributed by atoms with Crippen molar-refractivity contribution < 1.29 is 13.2 Å². The molecule has 1 aromatic rings. The second-order valence-electron chi connectivity index (χ2n) is 8.65. The number of sulfonamides is 1. The fourth-order valence-electron chi connectivity index (χ4n) is 5.16. The first kappa shape index (κ1) is 17.0. The SMILES string of the molecule is CC1(C)C2CCC1(C)C(NS(=O)(=O)c1ccc3c(c1)CCC(=O)N3)C2. The minimum Gasteiger partial charge on any atom is -0.326 e. The van der Waals surface area contributed by atoms with Crippen molar-refractivity contribution in [2.24, 2.45) is 16.7 Å². The topological polar surface area (TPSA) is 75.3 Å². The predicted octanol–water partition coefficient (Wildman–Crippen LogP) is 3.06. The maximum atomic E-state index is 13.0. The van der Waals surface area contributed by atoms with E-state index in [4.69, 9.17) is 0 Å². The Hall–Kier alpha value is -1.40. The molecule has 0 radical (unpaired) electrons. The van der Waals surface area contributed by atoms with E-state index in [1.807, 2.05) is 0 Å². The molecule has 1 aromatic carbocycles. The van der Waals surface area contributed by atoms with E-state index in [0.717, 1.165) is 24.1 Å². The Labute approximate surface area is 149 Å². The average Bonchev–Trinajstić information content (AvgIpc) is 2.87. The van der Waals surface area contributed by atoms with Gasteiger partial charge in [-0.2, -0.15) is 0 Å². The van der Waals surface area contributed by atoms with Crippen LogP contribution in [0.2, 0.25) is 0 Å². The van der Waals surface area contributed by atoms with Crippen LogP contribution in [0.1, 0.15) is 52.0 Å². The Morgan fingerprint density at radius 3 is 2.60 bits per heavy atom. The van der Waals surface area contributed by atoms with E-state index >= 15 is 0 Å². The molecular formula is C19H26N2O3S. The number of hydrogen-bond donors (Lipinski definition) is 2. The number of benzene rings is 1. The minimum atomic E-state index is -3.56. The molecule has 2 N–H and O–H groups in total. The number of anilines is 1. The Morgan fingerprint density at radius 2 is 1.96 bits per heavy atom. The van der Waals surface area contributed by atoms with Crippen LogP contribution >= 0.6 is 0 Å². The molecule has 1 heterocycles. The van der Waals surface area contributed by atoms with Gasteiger partial charge in [-0.05, 0) is 66.2 Å². The zero-order chi connectivity index (χ0) is 18.0. The number of carbonyl (C=O) groups excluding carboxylic acids is 1. The fourth-order valence-corrected chi connectivity index (χ4v) is 6.58. The summed E-state index contributed by atoms with van der Waals surface area (Å²) in [5.41, 5.74) is 1.79. The number of carbonyl (C=O) groups is 1. The largest absolute Gasteiger partial charge is 0.326 e. The molecule has 136 valence electrons. The van der Waals surface area contributed by atoms with Crippen LogP contribution in [0, 0.1) is 16.7 Å². The van der Waals surface area contributed by atoms with Gasteiger partial charge in [-0.15, -0.1) is 0 Å². The van der Waals surface area contributed by atoms with Crippen molar-refractivity contribution in [1.82, 2.24) is 4.72 Å². The van der Waals surface area contributed by atoms with Crippen LogP contribution in [0.4, 0.5) is 5.69 Å². The summed E-state index contributed by atoms with van der Waals surface area (Å²) >= 11 is 0. The Morgan fingerprint density at radius 1 is 1.20 bits per heavy atom. The lowest BCUT2D eigenvalue weighted by Gasteiger charge is -2.39. The average molecular weight is 362 g/mol. The highest BCUT2D eigenvalue weighted by Gasteiger charge is 2.61. The quantitative estimate of drug-likeness (QED) is 0.868. The summed E-state index contributed by atoms with van der Waals surface area (Å²) in [6, 6.07) is 4.99. The van der Waals surface area contributed by atoms with Crippen LogP contribution in [0.5, 0.6) is 0 Å². The van der Waals surface area contributed by atoms with Gasteiger partial charge in [-0.25, -0.2) is 13.1 Å². The third kappa shape index (κ3) is 2.45. The molecule has 3 aliphatic rings. The molecule has 3 atom stereocenters. The Balaban J connectivity index is 1.60. The molecule has 6 heteroatoms. The van der Waals surface area contributed by atoms with E-state index in [0.29, 0.717) is 23.7 Å². The number of hydrogen-bond acceptors (Lipinski definition) is 3. The van der Waals surface area contributed by atoms with E-state index in [1.54, 1.807) is 18.2 Å². The van der Waals surface area contributed by atoms with Crippen molar-refractivity contribution in [1.29, 1.82) is 0 Å². The zero-order valence-electron chi connectivity index (χ0n) is 15.1. The van der Waals surface area contributed by atoms with Crippen LogP contribution in [0.25, 0.3) is 0 Å². The van der Waals surface area contributed by atoms with Gasteiger partial charge in [0.05, 0.1) is 4.90 Å². The van der Waals surface area contributed by atoms with Crippen molar-refractivity contribution in [3.05, 3.63) is 23.8 Å². The van der Waals surface area contributed by atoms with Gasteiger partial charge in [-0.3, -0.25) is 4.79 Å². The lowest BCUT2D eigenvalue weighted by Crippen LogP contribution is -2.46. The summed E-state index contributed by atoms with van der Waals surface area (Å²) in [5.74, 6) is 0.572. The van der Waals surface area contributed by atoms with Crippen LogP contribution in [-0.2, 0) is 21.2 Å². The molecular weight excluding hydrogens is 336 g/mol. The third-order valence-corrected chi connectivity index (χ3v) is 8.84. The zero-order valence-corrected chi connectivity index (χ0v) is 15.9. The normalized spacial score (nSPS) is 33.2. The summed E-state index contributed by atoms with van der Waals surface area (Å²) < 4.78 is 28.9. The van der Waals surface area contributed by atoms with Gasteiger partial charge in [-0.1, -0.05) is 20.8 Å². The maximum Gasteiger partial charge on any atom is 0.240 e. The standard InChI is InChI=1S/C19H26N2O3S/c1-18(2)13-8-9-19(18,3)16(11-13)21-25(23,24)14-5-6-15-12(10-14)4-7-17(22)20-15/h5-6,10,13,16,21H,4,7-9,11H2,1-3H3,(H,20,22). The molecule has 0 saturated heterocycles. The monoisotopic (exact) mass is 362 g/mol. The molecule has 2 saturated carbocycles. The highest BCUT2D eigenvalue weighted by atomic mass is 32.2. The molecule has 1 aliphatic heterocycles. The van der Waals surface area contributed by atoms with Crippen LogP contribution in [0.15, 0.2) is 23.1 Å². The van der Waals surface area contributed by atoms with Gasteiger partial charge >= 0.3 is 0 Å². The van der Waals surface area contributed by atoms with Crippen LogP contribution in [0.3, 0.4) is 0 Å². The number of amides is 1. The third-order valence-electron chi connectivity index (χ3n) is 7.37. The molecule has 0 aromatic heterocycles. The Kier molecular flexibility index (Phi) is 3.61. The molecule has 2 fully saturated rings. The first-order valence-corrected chi connectivity index (χ1v) is 10.6. The molecule has 1 amide bonds. The molecule has 5 nitrogen and oxygen atoms in total. The van der Waals surface area contributed by atoms with E-state index in [1.165, 1.54) is 6.42 Å². The first-order chi connectivity index (χ1) is 11.6. The minimum absolute atomic E-state index is 0.00686. The highest BCUT2D eigenvalue weighted by molar-refractivity contribution is 7.89. The summed E-state index contributed by atoms with van der Waals surface area (Å²) in [5, 5.41) is 2.80. The maximum absolute atomic E-state index is 13.0. The molecule has 0 spiro atoms. The Bertz CT molecular complexity index is 846. The van der Waals surface area contributed by atoms with Gasteiger partial charge in [0.25, 0.3) is 0 Å². The van der Waals surface area contributed by atoms with Gasteiger partial charge in [0, 0.05) is 18.2 Å². The van der Waals surface area contributed by atoms with Crippen molar-refractivity contribution in [2.75, 3.05) is 5.32 Å². The van der Waals surface area contributed by atoms with Crippen molar-refractivity contribution in [3.63, 3.8) is 0 Å². The van der Waals surface area contributed by atoms with Gasteiger partial charge < -0.3 is 5.32 Å². The van der Waals surface area contributed by atoms with Crippen LogP contribution < -0.4 is 10.0 Å². The lowest BCUT2D eigenvalue weighted by atomic mass is 9.69. The number of nitrogens with one attached hydrogen (secondary N) is 2. The smallest absolute Gasteiger partial charge is 0.240 e. The lowest BCUT2D eigenvalue weighted by molar-refractivity contribution is -0.116. The number of aryl methyl sites for hydroxylation is 1. The first-order valence-electron chi connectivity index (χ1n) is 9.09. The van der Waals surface area contributed by atoms with E-state index in [-0.39, 0.29) is 22.8 Å². The second kappa shape index (κ2) is 5.30. The van der Waals surface area contributed by atoms with E-state index in [2.05, 4.69) is 30.8 Å². The summed E-state index contributed by atoms with van der Waals surface area (Å²) in [4.78, 5) is 11.8. The molecule has 25 heavy (non-hydrogen) atoms. The van der Waals surface area contributed by atoms with Gasteiger partial charge in [0.2, 0.25) is 15.9 Å². The van der Waals surface area contributed by atoms with Crippen molar-refractivity contribution >= 4 is 21.6 Å². The summed E-state index contributed by atoms with van der Waals surface area (Å²) in [7, 11) is -3.56. The second-order valence-corrected chi connectivity index (χ2v) is 10.4. The fraction of sp³-hybridized carbons (Fsp3) is 0.632. The van der Waals surface area contributed by atoms with E-state index < -0.39 is 10.0 Å². The van der Waals surface area contributed by atoms with Crippen molar-refractivity contribution in [3.8, 4) is 0 Å². The number of rotatable bonds is 3. The van der Waals surface area contributed by atoms with Crippen LogP contribution in [-0.4, -0.2) is 20.4 Å². The van der Waals surface area contributed by atoms with Crippen molar-refractivity contribution in [2.45, 2.75) is 63.8 Å². The number of fused-ring (bicyclic) bond motifs is 3. The molecule has 3 unspecified atom stereocenters. The van der Waals surface area contributed by atoms with Gasteiger partial charge in [0.1, 0.15) is 0 Å². The molecule has 2 aliphatic carbocycles. The van der Waals surface area contributed by atoms with E-state index in [9.17, 15) is 13.2 Å². The summed E-state index contributed by atoms with van der Waals surface area (Å²) in [6.45, 7) is 6.79.